The van der Waals surface area contributed by atoms with Gasteiger partial charge in [0.1, 0.15) is 0 Å². The van der Waals surface area contributed by atoms with E-state index in [0.717, 1.165) is 0 Å². The number of carboxylic acids is 1. The molecule has 0 heterocycles. The van der Waals surface area contributed by atoms with Gasteiger partial charge in [0, 0.05) is 6.42 Å². The first-order valence-corrected chi connectivity index (χ1v) is 12.8. The predicted octanol–water partition coefficient (Wildman–Crippen LogP) is 3.28. The quantitative estimate of drug-likeness (QED) is 0.786. The van der Waals surface area contributed by atoms with Crippen LogP contribution in [0.1, 0.15) is 12.8 Å². The van der Waals surface area contributed by atoms with Crippen LogP contribution in [-0.2, 0) is 8.91 Å². The van der Waals surface area contributed by atoms with Gasteiger partial charge in [-0.15, -0.1) is 0 Å². The fourth-order valence-electron chi connectivity index (χ4n) is 2.16. The molecule has 110 valence electrons. The van der Waals surface area contributed by atoms with Gasteiger partial charge in [0.05, 0.1) is 0 Å². The van der Waals surface area contributed by atoms with Crippen molar-refractivity contribution in [3.05, 3.63) is 42.1 Å². The Bertz CT molecular complexity index is 467. The lowest BCUT2D eigenvalue weighted by Crippen LogP contribution is -2.51. The fourth-order valence-corrected chi connectivity index (χ4v) is 9.90. The van der Waals surface area contributed by atoms with Crippen LogP contribution in [0.3, 0.4) is 0 Å². The van der Waals surface area contributed by atoms with Crippen LogP contribution in [-0.4, -0.2) is 27.7 Å². The average Bonchev–Trinajstić information content (AvgIpc) is 2.34. The van der Waals surface area contributed by atoms with Gasteiger partial charge in [-0.25, -0.2) is 0 Å². The SMILES string of the molecule is C[Si](C)(C=CCCC(=O)O)O[Si](C)(C)c1ccccc1. The molecular formula is C15H24O3Si2. The average molecular weight is 309 g/mol. The molecule has 3 nitrogen and oxygen atoms in total. The molecule has 0 unspecified atom stereocenters. The number of carbonyl (C=O) groups is 1. The summed E-state index contributed by atoms with van der Waals surface area (Å²) in [6.45, 7) is 8.73. The molecule has 0 aliphatic heterocycles. The Labute approximate surface area is 123 Å². The second kappa shape index (κ2) is 7.01. The minimum absolute atomic E-state index is 0.181. The van der Waals surface area contributed by atoms with E-state index >= 15 is 0 Å². The lowest BCUT2D eigenvalue weighted by atomic mass is 10.3. The highest BCUT2D eigenvalue weighted by molar-refractivity contribution is 6.93. The first-order chi connectivity index (χ1) is 9.23. The molecule has 1 aromatic carbocycles. The summed E-state index contributed by atoms with van der Waals surface area (Å²) in [6.07, 6.45) is 2.71. The Morgan fingerprint density at radius 2 is 1.80 bits per heavy atom. The maximum atomic E-state index is 10.5. The van der Waals surface area contributed by atoms with E-state index < -0.39 is 22.6 Å². The van der Waals surface area contributed by atoms with Gasteiger partial charge in [-0.2, -0.15) is 0 Å². The Kier molecular flexibility index (Phi) is 5.92. The van der Waals surface area contributed by atoms with Gasteiger partial charge in [0.2, 0.25) is 8.32 Å². The third-order valence-corrected chi connectivity index (χ3v) is 9.94. The molecule has 0 aliphatic carbocycles. The predicted molar refractivity (Wildman–Crippen MR) is 88.1 cm³/mol. The molecule has 20 heavy (non-hydrogen) atoms. The highest BCUT2D eigenvalue weighted by Crippen LogP contribution is 2.16. The number of hydrogen-bond acceptors (Lipinski definition) is 2. The van der Waals surface area contributed by atoms with Crippen molar-refractivity contribution in [3.63, 3.8) is 0 Å². The highest BCUT2D eigenvalue weighted by atomic mass is 28.4. The zero-order chi connectivity index (χ0) is 15.2. The molecule has 0 aliphatic rings. The number of aliphatic carboxylic acids is 1. The monoisotopic (exact) mass is 308 g/mol. The van der Waals surface area contributed by atoms with Crippen LogP contribution >= 0.6 is 0 Å². The van der Waals surface area contributed by atoms with Crippen molar-refractivity contribution >= 4 is 27.8 Å². The van der Waals surface area contributed by atoms with E-state index in [-0.39, 0.29) is 6.42 Å². The van der Waals surface area contributed by atoms with Crippen LogP contribution in [0.5, 0.6) is 0 Å². The smallest absolute Gasteiger partial charge is 0.303 e. The van der Waals surface area contributed by atoms with Crippen molar-refractivity contribution in [3.8, 4) is 0 Å². The van der Waals surface area contributed by atoms with E-state index in [1.807, 2.05) is 24.3 Å². The summed E-state index contributed by atoms with van der Waals surface area (Å²) in [5.41, 5.74) is 2.10. The number of allylic oxidation sites excluding steroid dienone is 1. The third-order valence-electron chi connectivity index (χ3n) is 3.03. The van der Waals surface area contributed by atoms with Gasteiger partial charge in [-0.1, -0.05) is 42.1 Å². The fraction of sp³-hybridized carbons (Fsp3) is 0.400. The summed E-state index contributed by atoms with van der Waals surface area (Å²) >= 11 is 0. The zero-order valence-corrected chi connectivity index (χ0v) is 14.7. The van der Waals surface area contributed by atoms with E-state index in [0.29, 0.717) is 6.42 Å². The van der Waals surface area contributed by atoms with Gasteiger partial charge in [-0.3, -0.25) is 4.79 Å². The maximum Gasteiger partial charge on any atom is 0.303 e. The molecule has 0 spiro atoms. The Morgan fingerprint density at radius 3 is 2.35 bits per heavy atom. The molecule has 0 bridgehead atoms. The summed E-state index contributed by atoms with van der Waals surface area (Å²) in [4.78, 5) is 10.5. The molecule has 0 amide bonds. The molecule has 0 saturated carbocycles. The maximum absolute atomic E-state index is 10.5. The van der Waals surface area contributed by atoms with Crippen molar-refractivity contribution in [1.29, 1.82) is 0 Å². The van der Waals surface area contributed by atoms with Gasteiger partial charge in [0.25, 0.3) is 0 Å². The largest absolute Gasteiger partial charge is 0.481 e. The molecule has 1 rings (SSSR count). The van der Waals surface area contributed by atoms with Gasteiger partial charge in [0.15, 0.2) is 8.32 Å². The molecule has 0 radical (unpaired) electrons. The van der Waals surface area contributed by atoms with Crippen molar-refractivity contribution in [1.82, 2.24) is 0 Å². The van der Waals surface area contributed by atoms with Crippen LogP contribution < -0.4 is 5.19 Å². The molecule has 0 fully saturated rings. The molecule has 5 heteroatoms. The Balaban J connectivity index is 2.67. The lowest BCUT2D eigenvalue weighted by Gasteiger charge is -2.32. The molecule has 1 aromatic rings. The van der Waals surface area contributed by atoms with E-state index in [2.05, 4.69) is 44.0 Å². The topological polar surface area (TPSA) is 46.5 Å². The van der Waals surface area contributed by atoms with E-state index in [1.165, 1.54) is 5.19 Å². The number of benzene rings is 1. The molecule has 0 saturated heterocycles. The normalized spacial score (nSPS) is 12.8. The van der Waals surface area contributed by atoms with Crippen molar-refractivity contribution in [2.75, 3.05) is 0 Å². The second-order valence-electron chi connectivity index (χ2n) is 5.92. The minimum Gasteiger partial charge on any atom is -0.481 e. The van der Waals surface area contributed by atoms with E-state index in [1.54, 1.807) is 0 Å². The zero-order valence-electron chi connectivity index (χ0n) is 12.7. The molecular weight excluding hydrogens is 284 g/mol. The van der Waals surface area contributed by atoms with E-state index in [4.69, 9.17) is 9.22 Å². The number of rotatable bonds is 7. The van der Waals surface area contributed by atoms with E-state index in [9.17, 15) is 4.79 Å². The second-order valence-corrected chi connectivity index (χ2v) is 13.9. The minimum atomic E-state index is -1.91. The number of hydrogen-bond donors (Lipinski definition) is 1. The van der Waals surface area contributed by atoms with Crippen molar-refractivity contribution in [2.24, 2.45) is 0 Å². The summed E-state index contributed by atoms with van der Waals surface area (Å²) in [7, 11) is -3.81. The van der Waals surface area contributed by atoms with Gasteiger partial charge >= 0.3 is 5.97 Å². The van der Waals surface area contributed by atoms with Gasteiger partial charge in [-0.05, 0) is 37.8 Å². The van der Waals surface area contributed by atoms with Crippen molar-refractivity contribution < 1.29 is 14.0 Å². The summed E-state index contributed by atoms with van der Waals surface area (Å²) in [5.74, 6) is -0.756. The third kappa shape index (κ3) is 5.85. The van der Waals surface area contributed by atoms with Crippen LogP contribution in [0.4, 0.5) is 0 Å². The Hall–Kier alpha value is -1.18. The van der Waals surface area contributed by atoms with Crippen LogP contribution in [0.2, 0.25) is 26.2 Å². The number of carboxylic acid groups (broad SMARTS) is 1. The summed E-state index contributed by atoms with van der Waals surface area (Å²) < 4.78 is 6.46. The molecule has 1 N–H and O–H groups in total. The molecule has 0 aromatic heterocycles. The standard InChI is InChI=1S/C15H24O3Si2/c1-19(2,13-9-8-12-15(16)17)18-20(3,4)14-10-6-5-7-11-14/h5-7,9-11,13H,8,12H2,1-4H3,(H,16,17). The summed E-state index contributed by atoms with van der Waals surface area (Å²) in [6, 6.07) is 10.4. The summed E-state index contributed by atoms with van der Waals surface area (Å²) in [5, 5.41) is 9.92. The van der Waals surface area contributed by atoms with Crippen LogP contribution in [0.15, 0.2) is 42.1 Å². The van der Waals surface area contributed by atoms with Crippen LogP contribution in [0.25, 0.3) is 0 Å². The van der Waals surface area contributed by atoms with Gasteiger partial charge < -0.3 is 9.22 Å². The van der Waals surface area contributed by atoms with Crippen molar-refractivity contribution in [2.45, 2.75) is 39.0 Å². The Morgan fingerprint density at radius 1 is 1.20 bits per heavy atom. The first kappa shape index (κ1) is 16.9. The lowest BCUT2D eigenvalue weighted by molar-refractivity contribution is -0.136. The van der Waals surface area contributed by atoms with Crippen LogP contribution in [0, 0.1) is 0 Å². The first-order valence-electron chi connectivity index (χ1n) is 6.88. The molecule has 0 atom stereocenters. The highest BCUT2D eigenvalue weighted by Gasteiger charge is 2.32.